The van der Waals surface area contributed by atoms with E-state index >= 15 is 0 Å². The van der Waals surface area contributed by atoms with Crippen molar-refractivity contribution < 1.29 is 17.6 Å². The molecule has 0 bridgehead atoms. The van der Waals surface area contributed by atoms with Crippen LogP contribution in [0.1, 0.15) is 23.9 Å². The van der Waals surface area contributed by atoms with Crippen LogP contribution in [0.3, 0.4) is 0 Å². The Morgan fingerprint density at radius 1 is 0.960 bits per heavy atom. The summed E-state index contributed by atoms with van der Waals surface area (Å²) in [7, 11) is 0. The summed E-state index contributed by atoms with van der Waals surface area (Å²) < 4.78 is 55.8. The van der Waals surface area contributed by atoms with Crippen molar-refractivity contribution in [1.29, 1.82) is 0 Å². The fourth-order valence-corrected chi connectivity index (χ4v) is 3.17. The number of hydrogen-bond donors (Lipinski definition) is 0. The molecule has 0 N–H and O–H groups in total. The summed E-state index contributed by atoms with van der Waals surface area (Å²) >= 11 is 0. The van der Waals surface area contributed by atoms with Crippen molar-refractivity contribution in [3.05, 3.63) is 81.5 Å². The molecule has 1 aliphatic heterocycles. The fourth-order valence-electron chi connectivity index (χ4n) is 3.17. The average molecular weight is 349 g/mol. The average Bonchev–Trinajstić information content (AvgIpc) is 3.10. The molecule has 0 radical (unpaired) electrons. The Morgan fingerprint density at radius 2 is 1.68 bits per heavy atom. The Balaban J connectivity index is 1.82. The summed E-state index contributed by atoms with van der Waals surface area (Å²) in [6.45, 7) is 0. The summed E-state index contributed by atoms with van der Waals surface area (Å²) in [5.41, 5.74) is -0.175. The maximum absolute atomic E-state index is 13.5. The first kappa shape index (κ1) is 15.6. The quantitative estimate of drug-likeness (QED) is 0.667. The molecule has 4 rings (SSSR count). The van der Waals surface area contributed by atoms with Gasteiger partial charge in [-0.3, -0.25) is 4.57 Å². The Kier molecular flexibility index (Phi) is 3.48. The number of rotatable bonds is 2. The lowest BCUT2D eigenvalue weighted by Crippen LogP contribution is -2.26. The SMILES string of the molecule is O=c1n(-c2ccc(F)c(F)c2)nc2n1[C@@H](c1cc(F)cc(F)c1)CC2. The second-order valence-corrected chi connectivity index (χ2v) is 5.84. The third-order valence-corrected chi connectivity index (χ3v) is 4.25. The molecule has 4 nitrogen and oxygen atoms in total. The minimum absolute atomic E-state index is 0.0787. The molecular weight excluding hydrogens is 338 g/mol. The first-order chi connectivity index (χ1) is 11.9. The van der Waals surface area contributed by atoms with Crippen LogP contribution in [0.4, 0.5) is 17.6 Å². The Morgan fingerprint density at radius 3 is 2.36 bits per heavy atom. The highest BCUT2D eigenvalue weighted by Gasteiger charge is 2.30. The van der Waals surface area contributed by atoms with Gasteiger partial charge in [-0.15, -0.1) is 5.10 Å². The molecule has 0 amide bonds. The molecule has 25 heavy (non-hydrogen) atoms. The van der Waals surface area contributed by atoms with Gasteiger partial charge in [0, 0.05) is 18.6 Å². The van der Waals surface area contributed by atoms with Crippen molar-refractivity contribution in [3.8, 4) is 5.69 Å². The van der Waals surface area contributed by atoms with Crippen LogP contribution in [-0.4, -0.2) is 14.3 Å². The van der Waals surface area contributed by atoms with E-state index in [9.17, 15) is 22.4 Å². The van der Waals surface area contributed by atoms with Crippen LogP contribution in [0.2, 0.25) is 0 Å². The van der Waals surface area contributed by atoms with E-state index in [1.54, 1.807) is 0 Å². The lowest BCUT2D eigenvalue weighted by atomic mass is 10.0. The van der Waals surface area contributed by atoms with E-state index < -0.39 is 35.0 Å². The third-order valence-electron chi connectivity index (χ3n) is 4.25. The Labute approximate surface area is 138 Å². The largest absolute Gasteiger partial charge is 0.351 e. The van der Waals surface area contributed by atoms with E-state index in [1.165, 1.54) is 22.8 Å². The molecule has 0 unspecified atom stereocenters. The van der Waals surface area contributed by atoms with Crippen LogP contribution in [0.25, 0.3) is 5.69 Å². The molecule has 128 valence electrons. The van der Waals surface area contributed by atoms with E-state index in [0.717, 1.165) is 22.9 Å². The highest BCUT2D eigenvalue weighted by Crippen LogP contribution is 2.30. The van der Waals surface area contributed by atoms with E-state index in [0.29, 0.717) is 24.2 Å². The predicted molar refractivity (Wildman–Crippen MR) is 80.6 cm³/mol. The number of aromatic nitrogens is 3. The van der Waals surface area contributed by atoms with E-state index in [4.69, 9.17) is 0 Å². The molecule has 3 aromatic rings. The molecular formula is C17H11F4N3O. The predicted octanol–water partition coefficient (Wildman–Crippen LogP) is 3.13. The summed E-state index contributed by atoms with van der Waals surface area (Å²) in [6.07, 6.45) is 0.897. The fraction of sp³-hybridized carbons (Fsp3) is 0.176. The number of hydrogen-bond acceptors (Lipinski definition) is 2. The standard InChI is InChI=1S/C17H11F4N3O/c18-10-5-9(6-11(19)7-10)15-3-4-16-22-24(17(25)23(15)16)12-1-2-13(20)14(21)8-12/h1-2,5-8,15H,3-4H2/t15-/m1/s1. The van der Waals surface area contributed by atoms with Gasteiger partial charge >= 0.3 is 5.69 Å². The summed E-state index contributed by atoms with van der Waals surface area (Å²) in [4.78, 5) is 12.7. The van der Waals surface area contributed by atoms with Gasteiger partial charge in [0.05, 0.1) is 11.7 Å². The van der Waals surface area contributed by atoms with Gasteiger partial charge in [0.2, 0.25) is 0 Å². The van der Waals surface area contributed by atoms with Crippen LogP contribution in [0.5, 0.6) is 0 Å². The van der Waals surface area contributed by atoms with Crippen LogP contribution in [0, 0.1) is 23.3 Å². The topological polar surface area (TPSA) is 39.8 Å². The van der Waals surface area contributed by atoms with Gasteiger partial charge < -0.3 is 0 Å². The molecule has 0 fully saturated rings. The van der Waals surface area contributed by atoms with Crippen LogP contribution in [0.15, 0.2) is 41.2 Å². The molecule has 0 spiro atoms. The smallest absolute Gasteiger partial charge is 0.271 e. The van der Waals surface area contributed by atoms with Crippen LogP contribution >= 0.6 is 0 Å². The van der Waals surface area contributed by atoms with Crippen molar-refractivity contribution >= 4 is 0 Å². The second kappa shape index (κ2) is 5.58. The highest BCUT2D eigenvalue weighted by molar-refractivity contribution is 5.32. The zero-order chi connectivity index (χ0) is 17.7. The minimum Gasteiger partial charge on any atom is -0.271 e. The lowest BCUT2D eigenvalue weighted by Gasteiger charge is -2.12. The van der Waals surface area contributed by atoms with Crippen LogP contribution < -0.4 is 5.69 Å². The zero-order valence-corrected chi connectivity index (χ0v) is 12.7. The Hall–Kier alpha value is -2.90. The molecule has 1 aromatic heterocycles. The lowest BCUT2D eigenvalue weighted by molar-refractivity contribution is 0.506. The van der Waals surface area contributed by atoms with Gasteiger partial charge in [0.1, 0.15) is 17.5 Å². The molecule has 0 saturated carbocycles. The number of benzene rings is 2. The van der Waals surface area contributed by atoms with Crippen molar-refractivity contribution in [1.82, 2.24) is 14.3 Å². The van der Waals surface area contributed by atoms with Crippen molar-refractivity contribution in [2.24, 2.45) is 0 Å². The molecule has 2 aromatic carbocycles. The normalized spacial score (nSPS) is 16.2. The van der Waals surface area contributed by atoms with Crippen molar-refractivity contribution in [2.75, 3.05) is 0 Å². The van der Waals surface area contributed by atoms with Gasteiger partial charge in [-0.1, -0.05) is 0 Å². The summed E-state index contributed by atoms with van der Waals surface area (Å²) in [5.74, 6) is -3.17. The van der Waals surface area contributed by atoms with Gasteiger partial charge in [-0.2, -0.15) is 4.68 Å². The number of nitrogens with zero attached hydrogens (tertiary/aromatic N) is 3. The van der Waals surface area contributed by atoms with Crippen LogP contribution in [-0.2, 0) is 6.42 Å². The van der Waals surface area contributed by atoms with Crippen molar-refractivity contribution in [3.63, 3.8) is 0 Å². The Bertz CT molecular complexity index is 1020. The molecule has 0 saturated heterocycles. The monoisotopic (exact) mass is 349 g/mol. The minimum atomic E-state index is -1.10. The highest BCUT2D eigenvalue weighted by atomic mass is 19.2. The first-order valence-electron chi connectivity index (χ1n) is 7.56. The zero-order valence-electron chi connectivity index (χ0n) is 12.7. The molecule has 1 atom stereocenters. The van der Waals surface area contributed by atoms with Gasteiger partial charge in [0.25, 0.3) is 0 Å². The molecule has 8 heteroatoms. The van der Waals surface area contributed by atoms with E-state index in [-0.39, 0.29) is 5.69 Å². The number of aryl methyl sites for hydroxylation is 1. The van der Waals surface area contributed by atoms with E-state index in [2.05, 4.69) is 5.10 Å². The van der Waals surface area contributed by atoms with Crippen molar-refractivity contribution in [2.45, 2.75) is 18.9 Å². The molecule has 0 aliphatic carbocycles. The van der Waals surface area contributed by atoms with Gasteiger partial charge in [0.15, 0.2) is 11.6 Å². The van der Waals surface area contributed by atoms with E-state index in [1.807, 2.05) is 0 Å². The van der Waals surface area contributed by atoms with Gasteiger partial charge in [-0.05, 0) is 36.2 Å². The second-order valence-electron chi connectivity index (χ2n) is 5.84. The summed E-state index contributed by atoms with van der Waals surface area (Å²) in [6, 6.07) is 5.55. The number of halogens is 4. The van der Waals surface area contributed by atoms with Gasteiger partial charge in [-0.25, -0.2) is 22.4 Å². The molecule has 1 aliphatic rings. The molecule has 2 heterocycles. The maximum Gasteiger partial charge on any atom is 0.351 e. The maximum atomic E-state index is 13.5. The third kappa shape index (κ3) is 2.54. The number of fused-ring (bicyclic) bond motifs is 1. The first-order valence-corrected chi connectivity index (χ1v) is 7.56. The summed E-state index contributed by atoms with van der Waals surface area (Å²) in [5, 5.41) is 4.14.